The minimum Gasteiger partial charge on any atom is -0.453 e. The van der Waals surface area contributed by atoms with Crippen molar-refractivity contribution in [3.8, 4) is 0 Å². The van der Waals surface area contributed by atoms with E-state index in [9.17, 15) is 14.4 Å². The zero-order chi connectivity index (χ0) is 17.3. The van der Waals surface area contributed by atoms with Gasteiger partial charge in [-0.3, -0.25) is 9.59 Å². The minimum atomic E-state index is -0.358. The van der Waals surface area contributed by atoms with Gasteiger partial charge in [0.1, 0.15) is 0 Å². The zero-order valence-electron chi connectivity index (χ0n) is 13.9. The molecule has 0 saturated carbocycles. The van der Waals surface area contributed by atoms with E-state index in [1.54, 1.807) is 27.8 Å². The number of carbonyl (C=O) groups is 3. The van der Waals surface area contributed by atoms with E-state index >= 15 is 0 Å². The maximum Gasteiger partial charge on any atom is 0.409 e. The van der Waals surface area contributed by atoms with Gasteiger partial charge >= 0.3 is 6.09 Å². The lowest BCUT2D eigenvalue weighted by atomic mass is 10.1. The van der Waals surface area contributed by atoms with Gasteiger partial charge in [-0.2, -0.15) is 0 Å². The summed E-state index contributed by atoms with van der Waals surface area (Å²) in [7, 11) is 3.10. The summed E-state index contributed by atoms with van der Waals surface area (Å²) in [5, 5.41) is 0. The van der Waals surface area contributed by atoms with E-state index in [0.717, 1.165) is 11.3 Å². The molecule has 2 heterocycles. The molecular weight excluding hydrogens is 310 g/mol. The topological polar surface area (TPSA) is 70.2 Å². The smallest absolute Gasteiger partial charge is 0.409 e. The molecule has 0 radical (unpaired) electrons. The molecule has 1 fully saturated rings. The normalized spacial score (nSPS) is 17.6. The average molecular weight is 331 g/mol. The van der Waals surface area contributed by atoms with Crippen LogP contribution in [0, 0.1) is 0 Å². The Bertz CT molecular complexity index is 688. The lowest BCUT2D eigenvalue weighted by Gasteiger charge is -2.21. The predicted molar refractivity (Wildman–Crippen MR) is 88.1 cm³/mol. The number of anilines is 1. The summed E-state index contributed by atoms with van der Waals surface area (Å²) in [5.41, 5.74) is 2.34. The van der Waals surface area contributed by atoms with E-state index in [-0.39, 0.29) is 17.9 Å². The molecule has 1 aromatic rings. The molecule has 0 bridgehead atoms. The number of methoxy groups -OCH3 is 1. The molecule has 7 nitrogen and oxygen atoms in total. The predicted octanol–water partition coefficient (Wildman–Crippen LogP) is 1.12. The van der Waals surface area contributed by atoms with Crippen molar-refractivity contribution in [1.29, 1.82) is 0 Å². The SMILES string of the molecule is COC(=O)N1CCCN(C(=O)c2ccc3c(c2)CC(=O)N3C)CC1. The second-order valence-electron chi connectivity index (χ2n) is 6.08. The fraction of sp³-hybridized carbons (Fsp3) is 0.471. The largest absolute Gasteiger partial charge is 0.453 e. The second-order valence-corrected chi connectivity index (χ2v) is 6.08. The summed E-state index contributed by atoms with van der Waals surface area (Å²) in [5.74, 6) is -0.0235. The molecule has 2 aliphatic heterocycles. The summed E-state index contributed by atoms with van der Waals surface area (Å²) in [6.45, 7) is 2.12. The Kier molecular flexibility index (Phi) is 4.42. The van der Waals surface area contributed by atoms with Gasteiger partial charge in [-0.1, -0.05) is 0 Å². The number of rotatable bonds is 1. The van der Waals surface area contributed by atoms with Gasteiger partial charge in [0, 0.05) is 44.5 Å². The highest BCUT2D eigenvalue weighted by Crippen LogP contribution is 2.28. The minimum absolute atomic E-state index is 0.0399. The Morgan fingerprint density at radius 2 is 1.79 bits per heavy atom. The summed E-state index contributed by atoms with van der Waals surface area (Å²) < 4.78 is 4.74. The van der Waals surface area contributed by atoms with Crippen molar-refractivity contribution in [2.24, 2.45) is 0 Å². The first-order valence-corrected chi connectivity index (χ1v) is 8.03. The first-order valence-electron chi connectivity index (χ1n) is 8.03. The van der Waals surface area contributed by atoms with Crippen LogP contribution in [0.2, 0.25) is 0 Å². The molecule has 128 valence electrons. The Morgan fingerprint density at radius 3 is 2.54 bits per heavy atom. The molecule has 0 aliphatic carbocycles. The van der Waals surface area contributed by atoms with Crippen molar-refractivity contribution in [1.82, 2.24) is 9.80 Å². The van der Waals surface area contributed by atoms with Crippen molar-refractivity contribution < 1.29 is 19.1 Å². The van der Waals surface area contributed by atoms with Gasteiger partial charge in [0.2, 0.25) is 5.91 Å². The van der Waals surface area contributed by atoms with Crippen molar-refractivity contribution in [3.05, 3.63) is 29.3 Å². The van der Waals surface area contributed by atoms with Crippen LogP contribution in [0.4, 0.5) is 10.5 Å². The van der Waals surface area contributed by atoms with Crippen LogP contribution in [0.15, 0.2) is 18.2 Å². The summed E-state index contributed by atoms with van der Waals surface area (Å²) in [6.07, 6.45) is 0.694. The number of fused-ring (bicyclic) bond motifs is 1. The molecule has 0 spiro atoms. The van der Waals surface area contributed by atoms with Gasteiger partial charge in [-0.05, 0) is 30.2 Å². The fourth-order valence-electron chi connectivity index (χ4n) is 3.22. The molecule has 3 rings (SSSR count). The highest BCUT2D eigenvalue weighted by atomic mass is 16.5. The third-order valence-electron chi connectivity index (χ3n) is 4.62. The van der Waals surface area contributed by atoms with Gasteiger partial charge < -0.3 is 19.4 Å². The number of amides is 3. The van der Waals surface area contributed by atoms with Crippen molar-refractivity contribution in [2.45, 2.75) is 12.8 Å². The highest BCUT2D eigenvalue weighted by molar-refractivity contribution is 6.03. The Hall–Kier alpha value is -2.57. The molecule has 1 saturated heterocycles. The molecule has 3 amide bonds. The zero-order valence-corrected chi connectivity index (χ0v) is 13.9. The van der Waals surface area contributed by atoms with Gasteiger partial charge in [0.05, 0.1) is 13.5 Å². The number of carbonyl (C=O) groups excluding carboxylic acids is 3. The Labute approximate surface area is 140 Å². The maximum atomic E-state index is 12.8. The number of benzene rings is 1. The summed E-state index contributed by atoms with van der Waals surface area (Å²) in [4.78, 5) is 41.1. The van der Waals surface area contributed by atoms with E-state index < -0.39 is 0 Å². The maximum absolute atomic E-state index is 12.8. The van der Waals surface area contributed by atoms with Crippen LogP contribution in [0.5, 0.6) is 0 Å². The van der Waals surface area contributed by atoms with E-state index in [0.29, 0.717) is 44.6 Å². The lowest BCUT2D eigenvalue weighted by Crippen LogP contribution is -2.37. The van der Waals surface area contributed by atoms with Gasteiger partial charge in [-0.25, -0.2) is 4.79 Å². The van der Waals surface area contributed by atoms with Crippen molar-refractivity contribution >= 4 is 23.6 Å². The van der Waals surface area contributed by atoms with Crippen LogP contribution >= 0.6 is 0 Å². The Balaban J connectivity index is 1.72. The molecule has 0 N–H and O–H groups in total. The average Bonchev–Trinajstić information content (AvgIpc) is 2.78. The van der Waals surface area contributed by atoms with Crippen LogP contribution < -0.4 is 4.90 Å². The van der Waals surface area contributed by atoms with Gasteiger partial charge in [0.25, 0.3) is 5.91 Å². The molecular formula is C17H21N3O4. The van der Waals surface area contributed by atoms with Crippen LogP contribution in [0.3, 0.4) is 0 Å². The molecule has 24 heavy (non-hydrogen) atoms. The van der Waals surface area contributed by atoms with Gasteiger partial charge in [-0.15, -0.1) is 0 Å². The van der Waals surface area contributed by atoms with E-state index in [1.807, 2.05) is 12.1 Å². The molecule has 7 heteroatoms. The number of ether oxygens (including phenoxy) is 1. The van der Waals surface area contributed by atoms with Crippen LogP contribution in [0.25, 0.3) is 0 Å². The van der Waals surface area contributed by atoms with Crippen molar-refractivity contribution in [2.75, 3.05) is 45.2 Å². The second kappa shape index (κ2) is 6.51. The third-order valence-corrected chi connectivity index (χ3v) is 4.62. The molecule has 0 aromatic heterocycles. The standard InChI is InChI=1S/C17H21N3O4/c1-18-14-5-4-12(10-13(14)11-15(18)21)16(22)19-6-3-7-20(9-8-19)17(23)24-2/h4-5,10H,3,6-9,11H2,1-2H3. The van der Waals surface area contributed by atoms with Crippen molar-refractivity contribution in [3.63, 3.8) is 0 Å². The number of hydrogen-bond acceptors (Lipinski definition) is 4. The third kappa shape index (κ3) is 2.93. The van der Waals surface area contributed by atoms with E-state index in [2.05, 4.69) is 0 Å². The molecule has 0 atom stereocenters. The summed E-state index contributed by atoms with van der Waals surface area (Å²) >= 11 is 0. The first-order chi connectivity index (χ1) is 11.5. The lowest BCUT2D eigenvalue weighted by molar-refractivity contribution is -0.117. The molecule has 1 aromatic carbocycles. The highest BCUT2D eigenvalue weighted by Gasteiger charge is 2.27. The van der Waals surface area contributed by atoms with Crippen LogP contribution in [-0.4, -0.2) is 68.0 Å². The monoisotopic (exact) mass is 331 g/mol. The van der Waals surface area contributed by atoms with Crippen LogP contribution in [0.1, 0.15) is 22.3 Å². The summed E-state index contributed by atoms with van der Waals surface area (Å²) in [6, 6.07) is 5.40. The quantitative estimate of drug-likeness (QED) is 0.773. The molecule has 2 aliphatic rings. The van der Waals surface area contributed by atoms with E-state index in [4.69, 9.17) is 4.74 Å². The number of hydrogen-bond donors (Lipinski definition) is 0. The number of likely N-dealkylation sites (N-methyl/N-ethyl adjacent to an activating group) is 1. The first kappa shape index (κ1) is 16.3. The van der Waals surface area contributed by atoms with Gasteiger partial charge in [0.15, 0.2) is 0 Å². The Morgan fingerprint density at radius 1 is 1.08 bits per heavy atom. The number of nitrogens with zero attached hydrogens (tertiary/aromatic N) is 3. The van der Waals surface area contributed by atoms with E-state index in [1.165, 1.54) is 7.11 Å². The fourth-order valence-corrected chi connectivity index (χ4v) is 3.22. The van der Waals surface area contributed by atoms with Crippen LogP contribution in [-0.2, 0) is 16.0 Å². The molecule has 0 unspecified atom stereocenters.